The lowest BCUT2D eigenvalue weighted by molar-refractivity contribution is -0.122. The molecule has 4 aromatic rings. The Hall–Kier alpha value is -4.16. The Morgan fingerprint density at radius 2 is 1.63 bits per heavy atom. The molecule has 0 bridgehead atoms. The number of hydrogen-bond acceptors (Lipinski definition) is 3. The fraction of sp³-hybridized carbons (Fsp3) is 0.107. The number of aromatic nitrogens is 1. The normalized spacial score (nSPS) is 15.2. The van der Waals surface area contributed by atoms with Crippen LogP contribution in [0.3, 0.4) is 0 Å². The molecule has 4 amide bonds. The van der Waals surface area contributed by atoms with Gasteiger partial charge in [-0.1, -0.05) is 67.1 Å². The van der Waals surface area contributed by atoms with Crippen LogP contribution in [0.1, 0.15) is 23.6 Å². The van der Waals surface area contributed by atoms with Crippen molar-refractivity contribution in [3.63, 3.8) is 0 Å². The van der Waals surface area contributed by atoms with Crippen LogP contribution in [0.4, 0.5) is 10.5 Å². The fourth-order valence-electron chi connectivity index (χ4n) is 4.26. The van der Waals surface area contributed by atoms with E-state index in [1.807, 2.05) is 78.4 Å². The summed E-state index contributed by atoms with van der Waals surface area (Å²) in [5, 5.41) is 3.83. The number of nitrogens with zero attached hydrogens (tertiary/aromatic N) is 2. The fourth-order valence-corrected chi connectivity index (χ4v) is 4.45. The molecular weight excluding hydrogens is 462 g/mol. The molecule has 3 aromatic carbocycles. The Morgan fingerprint density at radius 3 is 2.37 bits per heavy atom. The van der Waals surface area contributed by atoms with Crippen molar-refractivity contribution < 1.29 is 14.4 Å². The zero-order valence-electron chi connectivity index (χ0n) is 19.0. The van der Waals surface area contributed by atoms with Crippen LogP contribution in [0.2, 0.25) is 5.02 Å². The number of halogens is 1. The summed E-state index contributed by atoms with van der Waals surface area (Å²) in [7, 11) is 0. The SMILES string of the molecule is CCc1ccc(N2C(=O)NC(=O)C(=Cc3cn(Cc4ccccc4Cl)c4ccccc34)C2=O)cc1. The number of hydrogen-bond donors (Lipinski definition) is 1. The number of barbiturate groups is 1. The summed E-state index contributed by atoms with van der Waals surface area (Å²) < 4.78 is 2.03. The predicted molar refractivity (Wildman–Crippen MR) is 137 cm³/mol. The predicted octanol–water partition coefficient (Wildman–Crippen LogP) is 5.57. The molecule has 0 unspecified atom stereocenters. The van der Waals surface area contributed by atoms with Crippen molar-refractivity contribution in [2.24, 2.45) is 0 Å². The van der Waals surface area contributed by atoms with Gasteiger partial charge in [0.25, 0.3) is 11.8 Å². The first-order valence-electron chi connectivity index (χ1n) is 11.3. The van der Waals surface area contributed by atoms with Gasteiger partial charge in [-0.3, -0.25) is 14.9 Å². The summed E-state index contributed by atoms with van der Waals surface area (Å²) >= 11 is 6.37. The highest BCUT2D eigenvalue weighted by atomic mass is 35.5. The van der Waals surface area contributed by atoms with Crippen molar-refractivity contribution in [1.82, 2.24) is 9.88 Å². The zero-order valence-corrected chi connectivity index (χ0v) is 19.8. The lowest BCUT2D eigenvalue weighted by atomic mass is 10.1. The molecule has 1 aliphatic rings. The van der Waals surface area contributed by atoms with Crippen molar-refractivity contribution in [3.05, 3.63) is 106 Å². The van der Waals surface area contributed by atoms with Gasteiger partial charge in [-0.2, -0.15) is 0 Å². The lowest BCUT2D eigenvalue weighted by Crippen LogP contribution is -2.54. The highest BCUT2D eigenvalue weighted by Crippen LogP contribution is 2.28. The second-order valence-electron chi connectivity index (χ2n) is 8.30. The van der Waals surface area contributed by atoms with Crippen LogP contribution in [0.5, 0.6) is 0 Å². The first kappa shape index (κ1) is 22.6. The average molecular weight is 484 g/mol. The molecule has 0 saturated carbocycles. The van der Waals surface area contributed by atoms with Crippen molar-refractivity contribution in [2.45, 2.75) is 19.9 Å². The van der Waals surface area contributed by atoms with Crippen molar-refractivity contribution >= 4 is 52.1 Å². The van der Waals surface area contributed by atoms with Crippen LogP contribution < -0.4 is 10.2 Å². The number of carbonyl (C=O) groups excluding carboxylic acids is 3. The van der Waals surface area contributed by atoms with Gasteiger partial charge in [0.15, 0.2) is 0 Å². The average Bonchev–Trinajstić information content (AvgIpc) is 3.20. The minimum Gasteiger partial charge on any atom is -0.342 e. The molecule has 1 N–H and O–H groups in total. The van der Waals surface area contributed by atoms with Crippen LogP contribution in [-0.4, -0.2) is 22.4 Å². The number of amides is 4. The summed E-state index contributed by atoms with van der Waals surface area (Å²) in [6, 6.07) is 21.7. The van der Waals surface area contributed by atoms with Crippen molar-refractivity contribution in [3.8, 4) is 0 Å². The second-order valence-corrected chi connectivity index (χ2v) is 8.71. The van der Waals surface area contributed by atoms with Crippen LogP contribution >= 0.6 is 11.6 Å². The van der Waals surface area contributed by atoms with E-state index in [1.165, 1.54) is 0 Å². The highest BCUT2D eigenvalue weighted by Gasteiger charge is 2.37. The van der Waals surface area contributed by atoms with Gasteiger partial charge in [0, 0.05) is 34.2 Å². The molecule has 0 aliphatic carbocycles. The molecule has 1 aliphatic heterocycles. The Labute approximate surface area is 207 Å². The molecule has 1 fully saturated rings. The summed E-state index contributed by atoms with van der Waals surface area (Å²) in [6.45, 7) is 2.55. The maximum atomic E-state index is 13.3. The molecule has 1 aromatic heterocycles. The maximum Gasteiger partial charge on any atom is 0.335 e. The summed E-state index contributed by atoms with van der Waals surface area (Å²) in [4.78, 5) is 39.6. The Morgan fingerprint density at radius 1 is 0.914 bits per heavy atom. The second kappa shape index (κ2) is 9.24. The van der Waals surface area contributed by atoms with Gasteiger partial charge in [-0.25, -0.2) is 9.69 Å². The lowest BCUT2D eigenvalue weighted by Gasteiger charge is -2.26. The van der Waals surface area contributed by atoms with Crippen molar-refractivity contribution in [1.29, 1.82) is 0 Å². The number of benzene rings is 3. The first-order valence-corrected chi connectivity index (χ1v) is 11.7. The van der Waals surface area contributed by atoms with Gasteiger partial charge in [-0.15, -0.1) is 0 Å². The van der Waals surface area contributed by atoms with Gasteiger partial charge in [0.1, 0.15) is 5.57 Å². The molecule has 6 nitrogen and oxygen atoms in total. The third kappa shape index (κ3) is 4.24. The molecule has 0 atom stereocenters. The summed E-state index contributed by atoms with van der Waals surface area (Å²) in [6.07, 6.45) is 4.27. The maximum absolute atomic E-state index is 13.3. The Bertz CT molecular complexity index is 1500. The monoisotopic (exact) mass is 483 g/mol. The Balaban J connectivity index is 1.56. The third-order valence-electron chi connectivity index (χ3n) is 6.12. The van der Waals surface area contributed by atoms with E-state index in [1.54, 1.807) is 18.2 Å². The van der Waals surface area contributed by atoms with Crippen LogP contribution in [0.25, 0.3) is 17.0 Å². The minimum absolute atomic E-state index is 0.107. The minimum atomic E-state index is -0.762. The number of imide groups is 2. The number of nitrogens with one attached hydrogen (secondary N) is 1. The van der Waals surface area contributed by atoms with E-state index in [0.29, 0.717) is 22.8 Å². The van der Waals surface area contributed by atoms with E-state index >= 15 is 0 Å². The van der Waals surface area contributed by atoms with Crippen LogP contribution in [0, 0.1) is 0 Å². The van der Waals surface area contributed by atoms with Crippen LogP contribution in [0.15, 0.2) is 84.6 Å². The molecule has 174 valence electrons. The van der Waals surface area contributed by atoms with E-state index in [-0.39, 0.29) is 5.57 Å². The van der Waals surface area contributed by atoms with Crippen molar-refractivity contribution in [2.75, 3.05) is 4.90 Å². The standard InChI is InChI=1S/C28H22ClN3O3/c1-2-18-11-13-21(14-12-18)32-27(34)23(26(33)30-28(32)35)15-20-17-31(25-10-6-4-8-22(20)25)16-19-7-3-5-9-24(19)29/h3-15,17H,2,16H2,1H3,(H,30,33,35). The van der Waals surface area contributed by atoms with Gasteiger partial charge >= 0.3 is 6.03 Å². The van der Waals surface area contributed by atoms with Crippen LogP contribution in [-0.2, 0) is 22.6 Å². The van der Waals surface area contributed by atoms with Gasteiger partial charge < -0.3 is 4.57 Å². The number of carbonyl (C=O) groups is 3. The third-order valence-corrected chi connectivity index (χ3v) is 6.49. The number of para-hydroxylation sites is 1. The first-order chi connectivity index (χ1) is 17.0. The quantitative estimate of drug-likeness (QED) is 0.298. The molecule has 7 heteroatoms. The van der Waals surface area contributed by atoms with Gasteiger partial charge in [0.05, 0.1) is 5.69 Å². The van der Waals surface area contributed by atoms with E-state index < -0.39 is 17.8 Å². The van der Waals surface area contributed by atoms with E-state index in [4.69, 9.17) is 11.6 Å². The van der Waals surface area contributed by atoms with Gasteiger partial charge in [0.2, 0.25) is 0 Å². The zero-order chi connectivity index (χ0) is 24.5. The topological polar surface area (TPSA) is 71.4 Å². The van der Waals surface area contributed by atoms with E-state index in [2.05, 4.69) is 5.32 Å². The number of fused-ring (bicyclic) bond motifs is 1. The van der Waals surface area contributed by atoms with Gasteiger partial charge in [-0.05, 0) is 47.9 Å². The number of urea groups is 1. The summed E-state index contributed by atoms with van der Waals surface area (Å²) in [5.41, 5.74) is 3.96. The number of aryl methyl sites for hydroxylation is 1. The molecular formula is C28H22ClN3O3. The van der Waals surface area contributed by atoms with E-state index in [9.17, 15) is 14.4 Å². The molecule has 5 rings (SSSR count). The highest BCUT2D eigenvalue weighted by molar-refractivity contribution is 6.39. The number of rotatable bonds is 5. The molecule has 35 heavy (non-hydrogen) atoms. The summed E-state index contributed by atoms with van der Waals surface area (Å²) in [5.74, 6) is -1.38. The number of anilines is 1. The molecule has 1 saturated heterocycles. The Kier molecular flexibility index (Phi) is 5.97. The largest absolute Gasteiger partial charge is 0.342 e. The molecule has 0 radical (unpaired) electrons. The molecule has 2 heterocycles. The van der Waals surface area contributed by atoms with E-state index in [0.717, 1.165) is 33.4 Å². The smallest absolute Gasteiger partial charge is 0.335 e. The molecule has 0 spiro atoms.